The van der Waals surface area contributed by atoms with Gasteiger partial charge in [-0.2, -0.15) is 0 Å². The first kappa shape index (κ1) is 33.6. The molecule has 0 fully saturated rings. The Morgan fingerprint density at radius 3 is 2.44 bits per heavy atom. The van der Waals surface area contributed by atoms with Gasteiger partial charge in [-0.05, 0) is 58.6 Å². The van der Waals surface area contributed by atoms with Crippen LogP contribution in [0.3, 0.4) is 0 Å². The summed E-state index contributed by atoms with van der Waals surface area (Å²) >= 11 is 6.60. The summed E-state index contributed by atoms with van der Waals surface area (Å²) in [6.45, 7) is 6.93. The maximum atomic E-state index is 13.0. The third-order valence-electron chi connectivity index (χ3n) is 6.84. The molecule has 2 N–H and O–H groups in total. The minimum Gasteiger partial charge on any atom is -0.481 e. The number of benzene rings is 2. The second-order valence-electron chi connectivity index (χ2n) is 10.6. The predicted molar refractivity (Wildman–Crippen MR) is 170 cm³/mol. The second kappa shape index (κ2) is 16.1. The van der Waals surface area contributed by atoms with E-state index in [4.69, 9.17) is 20.8 Å². The molecule has 0 aliphatic carbocycles. The highest BCUT2D eigenvalue weighted by atomic mass is 35.5. The Morgan fingerprint density at radius 1 is 1.00 bits per heavy atom. The Balaban J connectivity index is 1.75. The SMILES string of the molecule is CCCCCC(=O)Nc1ccc(-c2cc(=O)oc3cc(O[C@H](C)C(=O)N(CC)CC(=O)NCCN(C)C)ccc23)c(Cl)c1. The lowest BCUT2D eigenvalue weighted by atomic mass is 10.0. The first-order valence-electron chi connectivity index (χ1n) is 14.6. The molecular weight excluding hydrogens is 572 g/mol. The van der Waals surface area contributed by atoms with Crippen LogP contribution in [-0.2, 0) is 14.4 Å². The Hall–Kier alpha value is -3.89. The van der Waals surface area contributed by atoms with Crippen LogP contribution in [0.15, 0.2) is 51.7 Å². The fraction of sp³-hybridized carbons (Fsp3) is 0.438. The van der Waals surface area contributed by atoms with Gasteiger partial charge in [0.2, 0.25) is 11.8 Å². The van der Waals surface area contributed by atoms with E-state index < -0.39 is 11.7 Å². The standard InChI is InChI=1S/C32H41ClN4O6/c1-6-8-9-10-29(38)35-22-11-13-24(27(33)17-22)26-19-31(40)43-28-18-23(12-14-25(26)28)42-21(3)32(41)37(7-2)20-30(39)34-15-16-36(4)5/h11-14,17-19,21H,6-10,15-16,20H2,1-5H3,(H,34,39)(H,35,38)/t21-/m1/s1. The van der Waals surface area contributed by atoms with Crippen molar-refractivity contribution in [2.24, 2.45) is 0 Å². The van der Waals surface area contributed by atoms with E-state index in [-0.39, 0.29) is 29.8 Å². The van der Waals surface area contributed by atoms with Gasteiger partial charge in [0.1, 0.15) is 11.3 Å². The molecule has 0 radical (unpaired) electrons. The van der Waals surface area contributed by atoms with Crippen LogP contribution in [-0.4, -0.2) is 73.9 Å². The summed E-state index contributed by atoms with van der Waals surface area (Å²) in [6.07, 6.45) is 2.40. The van der Waals surface area contributed by atoms with E-state index in [9.17, 15) is 19.2 Å². The molecule has 10 nitrogen and oxygen atoms in total. The van der Waals surface area contributed by atoms with Crippen molar-refractivity contribution in [1.82, 2.24) is 15.1 Å². The molecule has 0 bridgehead atoms. The molecule has 43 heavy (non-hydrogen) atoms. The van der Waals surface area contributed by atoms with Gasteiger partial charge in [-0.3, -0.25) is 14.4 Å². The molecule has 1 aromatic heterocycles. The second-order valence-corrected chi connectivity index (χ2v) is 11.0. The van der Waals surface area contributed by atoms with Crippen LogP contribution < -0.4 is 21.0 Å². The Morgan fingerprint density at radius 2 is 1.77 bits per heavy atom. The topological polar surface area (TPSA) is 121 Å². The highest BCUT2D eigenvalue weighted by molar-refractivity contribution is 6.34. The van der Waals surface area contributed by atoms with Gasteiger partial charge < -0.3 is 29.6 Å². The maximum Gasteiger partial charge on any atom is 0.336 e. The van der Waals surface area contributed by atoms with Crippen molar-refractivity contribution in [1.29, 1.82) is 0 Å². The average molecular weight is 613 g/mol. The van der Waals surface area contributed by atoms with Crippen molar-refractivity contribution in [2.45, 2.75) is 52.6 Å². The largest absolute Gasteiger partial charge is 0.481 e. The lowest BCUT2D eigenvalue weighted by Crippen LogP contribution is -2.46. The van der Waals surface area contributed by atoms with Gasteiger partial charge in [0, 0.05) is 60.4 Å². The number of unbranched alkanes of at least 4 members (excludes halogenated alkanes) is 2. The number of ether oxygens (including phenoxy) is 1. The number of nitrogens with one attached hydrogen (secondary N) is 2. The summed E-state index contributed by atoms with van der Waals surface area (Å²) < 4.78 is 11.4. The molecule has 0 spiro atoms. The van der Waals surface area contributed by atoms with E-state index in [2.05, 4.69) is 17.6 Å². The monoisotopic (exact) mass is 612 g/mol. The first-order chi connectivity index (χ1) is 20.5. The molecule has 0 aliphatic heterocycles. The zero-order chi connectivity index (χ0) is 31.5. The number of carbonyl (C=O) groups is 3. The number of anilines is 1. The Bertz CT molecular complexity index is 1490. The molecule has 1 heterocycles. The molecule has 3 rings (SSSR count). The average Bonchev–Trinajstić information content (AvgIpc) is 2.95. The van der Waals surface area contributed by atoms with E-state index in [1.54, 1.807) is 50.2 Å². The number of hydrogen-bond donors (Lipinski definition) is 2. The third kappa shape index (κ3) is 9.83. The van der Waals surface area contributed by atoms with Gasteiger partial charge >= 0.3 is 5.63 Å². The van der Waals surface area contributed by atoms with E-state index in [0.29, 0.717) is 59.0 Å². The van der Waals surface area contributed by atoms with E-state index >= 15 is 0 Å². The summed E-state index contributed by atoms with van der Waals surface area (Å²) in [6, 6.07) is 11.5. The Labute approximate surface area is 257 Å². The fourth-order valence-corrected chi connectivity index (χ4v) is 4.80. The fourth-order valence-electron chi connectivity index (χ4n) is 4.51. The summed E-state index contributed by atoms with van der Waals surface area (Å²) in [5.74, 6) is -0.337. The maximum absolute atomic E-state index is 13.0. The van der Waals surface area contributed by atoms with Gasteiger partial charge in [-0.15, -0.1) is 0 Å². The predicted octanol–water partition coefficient (Wildman–Crippen LogP) is 4.93. The molecule has 232 valence electrons. The summed E-state index contributed by atoms with van der Waals surface area (Å²) in [5, 5.41) is 6.65. The third-order valence-corrected chi connectivity index (χ3v) is 7.15. The van der Waals surface area contributed by atoms with Gasteiger partial charge in [-0.25, -0.2) is 4.79 Å². The molecular formula is C32H41ClN4O6. The number of nitrogens with zero attached hydrogens (tertiary/aromatic N) is 2. The number of rotatable bonds is 15. The van der Waals surface area contributed by atoms with E-state index in [0.717, 1.165) is 19.3 Å². The number of likely N-dealkylation sites (N-methyl/N-ethyl adjacent to an activating group) is 2. The molecule has 2 aromatic carbocycles. The molecule has 0 saturated carbocycles. The first-order valence-corrected chi connectivity index (χ1v) is 14.9. The summed E-state index contributed by atoms with van der Waals surface area (Å²) in [7, 11) is 3.83. The zero-order valence-electron chi connectivity index (χ0n) is 25.5. The van der Waals surface area contributed by atoms with Crippen molar-refractivity contribution < 1.29 is 23.5 Å². The van der Waals surface area contributed by atoms with Gasteiger partial charge in [-0.1, -0.05) is 37.4 Å². The van der Waals surface area contributed by atoms with Crippen LogP contribution >= 0.6 is 11.6 Å². The number of carbonyl (C=O) groups excluding carboxylic acids is 3. The minimum atomic E-state index is -0.888. The van der Waals surface area contributed by atoms with Crippen molar-refractivity contribution in [3.63, 3.8) is 0 Å². The van der Waals surface area contributed by atoms with E-state index in [1.807, 2.05) is 19.0 Å². The molecule has 3 aromatic rings. The number of fused-ring (bicyclic) bond motifs is 1. The van der Waals surface area contributed by atoms with Crippen LogP contribution in [0.5, 0.6) is 5.75 Å². The molecule has 0 aliphatic rings. The van der Waals surface area contributed by atoms with Gasteiger partial charge in [0.15, 0.2) is 6.10 Å². The number of amides is 3. The lowest BCUT2D eigenvalue weighted by Gasteiger charge is -2.24. The summed E-state index contributed by atoms with van der Waals surface area (Å²) in [5.41, 5.74) is 1.42. The molecule has 3 amide bonds. The lowest BCUT2D eigenvalue weighted by molar-refractivity contribution is -0.141. The van der Waals surface area contributed by atoms with Crippen LogP contribution in [0.25, 0.3) is 22.1 Å². The smallest absolute Gasteiger partial charge is 0.336 e. The minimum absolute atomic E-state index is 0.0749. The highest BCUT2D eigenvalue weighted by Crippen LogP contribution is 2.35. The van der Waals surface area contributed by atoms with Crippen molar-refractivity contribution in [3.05, 3.63) is 57.9 Å². The molecule has 1 atom stereocenters. The van der Waals surface area contributed by atoms with Crippen molar-refractivity contribution in [3.8, 4) is 16.9 Å². The van der Waals surface area contributed by atoms with Crippen LogP contribution in [0.1, 0.15) is 46.5 Å². The number of hydrogen-bond acceptors (Lipinski definition) is 7. The number of halogens is 1. The summed E-state index contributed by atoms with van der Waals surface area (Å²) in [4.78, 5) is 53.5. The molecule has 0 unspecified atom stereocenters. The van der Waals surface area contributed by atoms with E-state index in [1.165, 1.54) is 11.0 Å². The zero-order valence-corrected chi connectivity index (χ0v) is 26.3. The van der Waals surface area contributed by atoms with Gasteiger partial charge in [0.05, 0.1) is 11.6 Å². The van der Waals surface area contributed by atoms with Crippen LogP contribution in [0, 0.1) is 0 Å². The van der Waals surface area contributed by atoms with Crippen LogP contribution in [0.4, 0.5) is 5.69 Å². The highest BCUT2D eigenvalue weighted by Gasteiger charge is 2.23. The molecule has 11 heteroatoms. The van der Waals surface area contributed by atoms with Crippen LogP contribution in [0.2, 0.25) is 5.02 Å². The quantitative estimate of drug-likeness (QED) is 0.184. The normalized spacial score (nSPS) is 11.8. The molecule has 0 saturated heterocycles. The van der Waals surface area contributed by atoms with Crippen molar-refractivity contribution in [2.75, 3.05) is 45.6 Å². The Kier molecular flexibility index (Phi) is 12.6. The van der Waals surface area contributed by atoms with Gasteiger partial charge in [0.25, 0.3) is 5.91 Å². The van der Waals surface area contributed by atoms with Crippen molar-refractivity contribution >= 4 is 46.0 Å².